The first-order valence-corrected chi connectivity index (χ1v) is 5.99. The molecule has 0 aliphatic rings. The van der Waals surface area contributed by atoms with Crippen molar-refractivity contribution in [3.8, 4) is 0 Å². The zero-order valence-corrected chi connectivity index (χ0v) is 10.3. The third-order valence-corrected chi connectivity index (χ3v) is 2.98. The van der Waals surface area contributed by atoms with E-state index in [0.717, 1.165) is 12.8 Å². The van der Waals surface area contributed by atoms with E-state index in [2.05, 4.69) is 11.9 Å². The average molecular weight is 257 g/mol. The van der Waals surface area contributed by atoms with Crippen LogP contribution in [0.15, 0.2) is 16.5 Å². The molecule has 1 atom stereocenters. The lowest BCUT2D eigenvalue weighted by molar-refractivity contribution is 0.453. The highest BCUT2D eigenvalue weighted by Gasteiger charge is 2.17. The van der Waals surface area contributed by atoms with Crippen molar-refractivity contribution >= 4 is 22.7 Å². The third kappa shape index (κ3) is 2.42. The number of benzene rings is 1. The van der Waals surface area contributed by atoms with E-state index < -0.39 is 5.82 Å². The van der Waals surface area contributed by atoms with Crippen LogP contribution in [-0.4, -0.2) is 11.5 Å². The molecule has 0 bridgehead atoms. The highest BCUT2D eigenvalue weighted by Crippen LogP contribution is 2.29. The number of aromatic nitrogens is 1. The lowest BCUT2D eigenvalue weighted by Crippen LogP contribution is -2.12. The molecule has 0 saturated carbocycles. The second-order valence-corrected chi connectivity index (χ2v) is 4.42. The van der Waals surface area contributed by atoms with Crippen molar-refractivity contribution in [2.24, 2.45) is 5.73 Å². The molecule has 0 amide bonds. The lowest BCUT2D eigenvalue weighted by atomic mass is 10.0. The molecule has 5 heteroatoms. The minimum atomic E-state index is -0.415. The number of rotatable bonds is 4. The summed E-state index contributed by atoms with van der Waals surface area (Å²) in [6.45, 7) is 2.53. The fourth-order valence-corrected chi connectivity index (χ4v) is 2.08. The summed E-state index contributed by atoms with van der Waals surface area (Å²) in [7, 11) is 0. The molecule has 0 aliphatic heterocycles. The molecule has 0 saturated heterocycles. The monoisotopic (exact) mass is 256 g/mol. The molecule has 0 radical (unpaired) electrons. The standard InChI is InChI=1S/C12H14ClFN2O/c1-2-3-7(6-15)12-16-10-5-8(14)4-9(13)11(10)17-12/h4-5,7H,2-3,6,15H2,1H3. The van der Waals surface area contributed by atoms with Crippen molar-refractivity contribution in [2.75, 3.05) is 6.54 Å². The van der Waals surface area contributed by atoms with Gasteiger partial charge in [0, 0.05) is 18.5 Å². The summed E-state index contributed by atoms with van der Waals surface area (Å²) in [5.41, 5.74) is 6.55. The van der Waals surface area contributed by atoms with Gasteiger partial charge in [-0.15, -0.1) is 0 Å². The Labute approximate surface area is 104 Å². The smallest absolute Gasteiger partial charge is 0.199 e. The van der Waals surface area contributed by atoms with Gasteiger partial charge in [-0.25, -0.2) is 9.37 Å². The number of halogens is 2. The Bertz CT molecular complexity index is 526. The van der Waals surface area contributed by atoms with Crippen LogP contribution in [0.25, 0.3) is 11.1 Å². The number of nitrogens with zero attached hydrogens (tertiary/aromatic N) is 1. The SMILES string of the molecule is CCCC(CN)c1nc2cc(F)cc(Cl)c2o1. The van der Waals surface area contributed by atoms with Crippen molar-refractivity contribution in [3.63, 3.8) is 0 Å². The maximum absolute atomic E-state index is 13.1. The second kappa shape index (κ2) is 5.02. The topological polar surface area (TPSA) is 52.0 Å². The van der Waals surface area contributed by atoms with E-state index in [1.807, 2.05) is 0 Å². The van der Waals surface area contributed by atoms with Gasteiger partial charge < -0.3 is 10.2 Å². The van der Waals surface area contributed by atoms with E-state index in [1.54, 1.807) is 0 Å². The van der Waals surface area contributed by atoms with Gasteiger partial charge in [0.25, 0.3) is 0 Å². The Balaban J connectivity index is 2.46. The van der Waals surface area contributed by atoms with Crippen molar-refractivity contribution < 1.29 is 8.81 Å². The average Bonchev–Trinajstić information content (AvgIpc) is 2.69. The van der Waals surface area contributed by atoms with E-state index in [-0.39, 0.29) is 10.9 Å². The molecule has 0 aliphatic carbocycles. The van der Waals surface area contributed by atoms with Crippen LogP contribution in [0.5, 0.6) is 0 Å². The van der Waals surface area contributed by atoms with Gasteiger partial charge in [-0.1, -0.05) is 24.9 Å². The Kier molecular flexibility index (Phi) is 3.64. The quantitative estimate of drug-likeness (QED) is 0.911. The number of nitrogens with two attached hydrogens (primary N) is 1. The van der Waals surface area contributed by atoms with Crippen molar-refractivity contribution in [1.29, 1.82) is 0 Å². The van der Waals surface area contributed by atoms with E-state index in [4.69, 9.17) is 21.8 Å². The Hall–Kier alpha value is -1.13. The number of hydrogen-bond acceptors (Lipinski definition) is 3. The first-order chi connectivity index (χ1) is 8.15. The van der Waals surface area contributed by atoms with Crippen molar-refractivity contribution in [1.82, 2.24) is 4.98 Å². The van der Waals surface area contributed by atoms with Gasteiger partial charge in [0.2, 0.25) is 0 Å². The predicted octanol–water partition coefficient (Wildman–Crippen LogP) is 3.46. The third-order valence-electron chi connectivity index (χ3n) is 2.70. The Morgan fingerprint density at radius 2 is 2.29 bits per heavy atom. The molecule has 2 aromatic rings. The maximum atomic E-state index is 13.1. The fraction of sp³-hybridized carbons (Fsp3) is 0.417. The first-order valence-electron chi connectivity index (χ1n) is 5.61. The predicted molar refractivity (Wildman–Crippen MR) is 65.7 cm³/mol. The highest BCUT2D eigenvalue weighted by molar-refractivity contribution is 6.34. The van der Waals surface area contributed by atoms with Crippen LogP contribution in [0.2, 0.25) is 5.02 Å². The zero-order chi connectivity index (χ0) is 12.4. The molecular formula is C12H14ClFN2O. The van der Waals surface area contributed by atoms with Crippen LogP contribution in [-0.2, 0) is 0 Å². The van der Waals surface area contributed by atoms with Crippen LogP contribution in [0, 0.1) is 5.82 Å². The highest BCUT2D eigenvalue weighted by atomic mass is 35.5. The minimum Gasteiger partial charge on any atom is -0.439 e. The lowest BCUT2D eigenvalue weighted by Gasteiger charge is -2.07. The van der Waals surface area contributed by atoms with Gasteiger partial charge in [0.05, 0.1) is 5.02 Å². The van der Waals surface area contributed by atoms with E-state index in [0.29, 0.717) is 23.5 Å². The molecule has 1 aromatic heterocycles. The Morgan fingerprint density at radius 3 is 2.94 bits per heavy atom. The summed E-state index contributed by atoms with van der Waals surface area (Å²) in [5, 5.41) is 0.242. The van der Waals surface area contributed by atoms with Crippen molar-refractivity contribution in [2.45, 2.75) is 25.7 Å². The number of oxazole rings is 1. The maximum Gasteiger partial charge on any atom is 0.199 e. The van der Waals surface area contributed by atoms with Gasteiger partial charge in [-0.2, -0.15) is 0 Å². The molecule has 1 heterocycles. The molecule has 1 aromatic carbocycles. The summed E-state index contributed by atoms with van der Waals surface area (Å²) in [4.78, 5) is 4.25. The molecule has 17 heavy (non-hydrogen) atoms. The fourth-order valence-electron chi connectivity index (χ4n) is 1.84. The first kappa shape index (κ1) is 12.3. The molecule has 2 rings (SSSR count). The summed E-state index contributed by atoms with van der Waals surface area (Å²) < 4.78 is 18.7. The minimum absolute atomic E-state index is 0.0616. The molecular weight excluding hydrogens is 243 g/mol. The van der Waals surface area contributed by atoms with E-state index in [9.17, 15) is 4.39 Å². The van der Waals surface area contributed by atoms with E-state index >= 15 is 0 Å². The molecule has 0 spiro atoms. The summed E-state index contributed by atoms with van der Waals surface area (Å²) in [6, 6.07) is 2.53. The molecule has 92 valence electrons. The van der Waals surface area contributed by atoms with Crippen molar-refractivity contribution in [3.05, 3.63) is 28.9 Å². The zero-order valence-electron chi connectivity index (χ0n) is 9.54. The van der Waals surface area contributed by atoms with Crippen LogP contribution < -0.4 is 5.73 Å². The largest absolute Gasteiger partial charge is 0.439 e. The normalized spacial score (nSPS) is 13.2. The van der Waals surface area contributed by atoms with Gasteiger partial charge in [0.1, 0.15) is 11.3 Å². The van der Waals surface area contributed by atoms with Crippen LogP contribution >= 0.6 is 11.6 Å². The number of hydrogen-bond donors (Lipinski definition) is 1. The molecule has 3 nitrogen and oxygen atoms in total. The molecule has 2 N–H and O–H groups in total. The van der Waals surface area contributed by atoms with Crippen LogP contribution in [0.3, 0.4) is 0 Å². The second-order valence-electron chi connectivity index (χ2n) is 4.01. The summed E-state index contributed by atoms with van der Waals surface area (Å²) >= 11 is 5.90. The number of fused-ring (bicyclic) bond motifs is 1. The van der Waals surface area contributed by atoms with Crippen LogP contribution in [0.4, 0.5) is 4.39 Å². The summed E-state index contributed by atoms with van der Waals surface area (Å²) in [6.07, 6.45) is 1.88. The van der Waals surface area contributed by atoms with E-state index in [1.165, 1.54) is 12.1 Å². The van der Waals surface area contributed by atoms with Gasteiger partial charge in [0.15, 0.2) is 11.5 Å². The van der Waals surface area contributed by atoms with Gasteiger partial charge in [-0.3, -0.25) is 0 Å². The van der Waals surface area contributed by atoms with Crippen LogP contribution in [0.1, 0.15) is 31.6 Å². The van der Waals surface area contributed by atoms with Gasteiger partial charge in [-0.05, 0) is 12.5 Å². The Morgan fingerprint density at radius 1 is 1.53 bits per heavy atom. The van der Waals surface area contributed by atoms with Gasteiger partial charge >= 0.3 is 0 Å². The molecule has 1 unspecified atom stereocenters. The summed E-state index contributed by atoms with van der Waals surface area (Å²) in [5.74, 6) is 0.186. The molecule has 0 fully saturated rings.